The molecule has 4 N–H and O–H groups in total. The number of hydrogen-bond donors (Lipinski definition) is 3. The first-order valence-electron chi connectivity index (χ1n) is 11.5. The third-order valence-electron chi connectivity index (χ3n) is 6.27. The minimum atomic E-state index is -0.408. The molecule has 0 spiro atoms. The van der Waals surface area contributed by atoms with Gasteiger partial charge < -0.3 is 16.0 Å². The second-order valence-corrected chi connectivity index (χ2v) is 8.76. The van der Waals surface area contributed by atoms with Crippen molar-refractivity contribution in [1.82, 2.24) is 10.3 Å². The lowest BCUT2D eigenvalue weighted by Crippen LogP contribution is -2.54. The number of nitrogens with one attached hydrogen (secondary N) is 2. The van der Waals surface area contributed by atoms with Gasteiger partial charge in [-0.1, -0.05) is 29.8 Å². The van der Waals surface area contributed by atoms with E-state index in [0.29, 0.717) is 11.4 Å². The Balaban J connectivity index is 1.28. The number of hydrazine groups is 1. The monoisotopic (exact) mass is 462 g/mol. The van der Waals surface area contributed by atoms with E-state index in [0.717, 1.165) is 44.5 Å². The van der Waals surface area contributed by atoms with E-state index in [9.17, 15) is 14.4 Å². The number of amidine groups is 1. The van der Waals surface area contributed by atoms with Crippen LogP contribution in [-0.4, -0.2) is 54.6 Å². The van der Waals surface area contributed by atoms with Crippen molar-refractivity contribution in [3.8, 4) is 0 Å². The summed E-state index contributed by atoms with van der Waals surface area (Å²) >= 11 is 0. The maximum atomic E-state index is 12.7. The van der Waals surface area contributed by atoms with Gasteiger partial charge in [0.1, 0.15) is 6.54 Å². The summed E-state index contributed by atoms with van der Waals surface area (Å²) in [5, 5.41) is 4.18. The van der Waals surface area contributed by atoms with Crippen LogP contribution in [0.5, 0.6) is 0 Å². The van der Waals surface area contributed by atoms with E-state index in [2.05, 4.69) is 20.6 Å². The molecule has 1 fully saturated rings. The number of rotatable bonds is 7. The van der Waals surface area contributed by atoms with Crippen molar-refractivity contribution in [3.63, 3.8) is 0 Å². The van der Waals surface area contributed by atoms with Crippen molar-refractivity contribution < 1.29 is 14.4 Å². The minimum absolute atomic E-state index is 0.00416. The Hall–Kier alpha value is -3.72. The number of nitrogens with zero attached hydrogens (tertiary/aromatic N) is 3. The molecule has 178 valence electrons. The smallest absolute Gasteiger partial charge is 0.292 e. The van der Waals surface area contributed by atoms with E-state index in [1.165, 1.54) is 10.6 Å². The lowest BCUT2D eigenvalue weighted by molar-refractivity contribution is -0.123. The second-order valence-electron chi connectivity index (χ2n) is 8.76. The van der Waals surface area contributed by atoms with E-state index < -0.39 is 5.91 Å². The molecule has 34 heavy (non-hydrogen) atoms. The van der Waals surface area contributed by atoms with Gasteiger partial charge >= 0.3 is 0 Å². The number of amides is 3. The zero-order valence-electron chi connectivity index (χ0n) is 19.3. The Morgan fingerprint density at radius 3 is 2.41 bits per heavy atom. The molecule has 0 bridgehead atoms. The van der Waals surface area contributed by atoms with Crippen LogP contribution in [0.1, 0.15) is 24.0 Å². The fraction of sp³-hybridized carbons (Fsp3) is 0.360. The summed E-state index contributed by atoms with van der Waals surface area (Å²) < 4.78 is 0. The summed E-state index contributed by atoms with van der Waals surface area (Å²) in [4.78, 5) is 42.7. The molecule has 9 nitrogen and oxygen atoms in total. The molecular formula is C25H30N6O3. The van der Waals surface area contributed by atoms with E-state index in [1.807, 2.05) is 55.5 Å². The van der Waals surface area contributed by atoms with Crippen LogP contribution < -0.4 is 21.5 Å². The van der Waals surface area contributed by atoms with Crippen molar-refractivity contribution >= 4 is 34.9 Å². The molecule has 2 aromatic carbocycles. The van der Waals surface area contributed by atoms with Crippen molar-refractivity contribution in [2.24, 2.45) is 16.6 Å². The highest BCUT2D eigenvalue weighted by Crippen LogP contribution is 2.18. The lowest BCUT2D eigenvalue weighted by atomic mass is 9.96. The first-order valence-corrected chi connectivity index (χ1v) is 11.5. The van der Waals surface area contributed by atoms with Gasteiger partial charge in [0.2, 0.25) is 11.7 Å². The Labute approximate surface area is 199 Å². The van der Waals surface area contributed by atoms with Gasteiger partial charge in [0.15, 0.2) is 0 Å². The predicted molar refractivity (Wildman–Crippen MR) is 131 cm³/mol. The van der Waals surface area contributed by atoms with Gasteiger partial charge in [0, 0.05) is 18.2 Å². The summed E-state index contributed by atoms with van der Waals surface area (Å²) in [6, 6.07) is 15.1. The average Bonchev–Trinajstić information content (AvgIpc) is 2.85. The highest BCUT2D eigenvalue weighted by atomic mass is 16.2. The Kier molecular flexibility index (Phi) is 7.22. The topological polar surface area (TPSA) is 120 Å². The molecule has 2 aliphatic rings. The highest BCUT2D eigenvalue weighted by molar-refractivity contribution is 6.43. The van der Waals surface area contributed by atoms with Crippen LogP contribution >= 0.6 is 0 Å². The van der Waals surface area contributed by atoms with Gasteiger partial charge in [-0.25, -0.2) is 5.01 Å². The first-order chi connectivity index (χ1) is 16.4. The maximum Gasteiger partial charge on any atom is 0.292 e. The molecule has 0 saturated carbocycles. The third kappa shape index (κ3) is 5.79. The Morgan fingerprint density at radius 1 is 1.09 bits per heavy atom. The van der Waals surface area contributed by atoms with E-state index in [1.54, 1.807) is 0 Å². The van der Waals surface area contributed by atoms with Crippen molar-refractivity contribution in [2.45, 2.75) is 26.2 Å². The molecule has 2 aromatic rings. The van der Waals surface area contributed by atoms with Gasteiger partial charge in [-0.05, 0) is 69.1 Å². The summed E-state index contributed by atoms with van der Waals surface area (Å²) in [5.41, 5.74) is 11.8. The largest absolute Gasteiger partial charge is 0.369 e. The Bertz CT molecular complexity index is 1070. The summed E-state index contributed by atoms with van der Waals surface area (Å²) in [6.07, 6.45) is 2.54. The third-order valence-corrected chi connectivity index (χ3v) is 6.27. The number of likely N-dealkylation sites (tertiary alicyclic amines) is 1. The number of primary amides is 1. The van der Waals surface area contributed by atoms with Crippen LogP contribution in [0.4, 0.5) is 11.4 Å². The summed E-state index contributed by atoms with van der Waals surface area (Å²) in [6.45, 7) is 4.56. The van der Waals surface area contributed by atoms with Gasteiger partial charge in [0.05, 0.1) is 5.69 Å². The molecule has 0 aromatic heterocycles. The van der Waals surface area contributed by atoms with Crippen LogP contribution in [0.15, 0.2) is 53.5 Å². The number of nitrogens with two attached hydrogens (primary N) is 1. The molecule has 0 aliphatic carbocycles. The average molecular weight is 463 g/mol. The number of benzene rings is 2. The lowest BCUT2D eigenvalue weighted by Gasteiger charge is -2.30. The van der Waals surface area contributed by atoms with Crippen LogP contribution in [0.2, 0.25) is 0 Å². The SMILES string of the molecule is Cc1ccc(N2NC(C(=O)Nc3ccc(CCN4CCC(C(N)=O)CC4)cc3)=NCC2=O)cc1. The van der Waals surface area contributed by atoms with Crippen LogP contribution in [-0.2, 0) is 20.8 Å². The van der Waals surface area contributed by atoms with Gasteiger partial charge in [-0.3, -0.25) is 24.8 Å². The summed E-state index contributed by atoms with van der Waals surface area (Å²) in [7, 11) is 0. The molecule has 0 atom stereocenters. The van der Waals surface area contributed by atoms with Crippen molar-refractivity contribution in [3.05, 3.63) is 59.7 Å². The second kappa shape index (κ2) is 10.5. The quantitative estimate of drug-likeness (QED) is 0.578. The summed E-state index contributed by atoms with van der Waals surface area (Å²) in [5.74, 6) is -0.743. The van der Waals surface area contributed by atoms with E-state index in [4.69, 9.17) is 5.73 Å². The normalized spacial score (nSPS) is 17.1. The van der Waals surface area contributed by atoms with Crippen molar-refractivity contribution in [2.75, 3.05) is 36.5 Å². The number of anilines is 2. The fourth-order valence-electron chi connectivity index (χ4n) is 4.12. The number of aryl methyl sites for hydroxylation is 1. The molecule has 1 saturated heterocycles. The Morgan fingerprint density at radius 2 is 1.76 bits per heavy atom. The maximum absolute atomic E-state index is 12.7. The van der Waals surface area contributed by atoms with Crippen LogP contribution in [0.3, 0.4) is 0 Å². The number of aliphatic imine (C=N–C) groups is 1. The molecule has 2 aliphatic heterocycles. The number of hydrogen-bond acceptors (Lipinski definition) is 6. The zero-order valence-corrected chi connectivity index (χ0v) is 19.3. The minimum Gasteiger partial charge on any atom is -0.369 e. The van der Waals surface area contributed by atoms with E-state index in [-0.39, 0.29) is 30.1 Å². The number of carbonyl (C=O) groups excluding carboxylic acids is 3. The fourth-order valence-corrected chi connectivity index (χ4v) is 4.12. The molecule has 2 heterocycles. The van der Waals surface area contributed by atoms with Gasteiger partial charge in [-0.2, -0.15) is 0 Å². The predicted octanol–water partition coefficient (Wildman–Crippen LogP) is 1.62. The van der Waals surface area contributed by atoms with Gasteiger partial charge in [0.25, 0.3) is 11.8 Å². The zero-order chi connectivity index (χ0) is 24.1. The van der Waals surface area contributed by atoms with Crippen molar-refractivity contribution in [1.29, 1.82) is 0 Å². The molecule has 0 unspecified atom stereocenters. The van der Waals surface area contributed by atoms with Crippen LogP contribution in [0, 0.1) is 12.8 Å². The highest BCUT2D eigenvalue weighted by Gasteiger charge is 2.26. The standard InChI is InChI=1S/C25H30N6O3/c1-17-2-8-21(9-3-17)31-22(32)16-27-24(29-31)25(34)28-20-6-4-18(5-7-20)10-13-30-14-11-19(12-15-30)23(26)33/h2-9,19H,10-16H2,1H3,(H2,26,33)(H,27,29)(H,28,34). The molecule has 0 radical (unpaired) electrons. The molecule has 3 amide bonds. The number of carbonyl (C=O) groups is 3. The van der Waals surface area contributed by atoms with Crippen LogP contribution in [0.25, 0.3) is 0 Å². The molecular weight excluding hydrogens is 432 g/mol. The van der Waals surface area contributed by atoms with Gasteiger partial charge in [-0.15, -0.1) is 0 Å². The molecule has 4 rings (SSSR count). The molecule has 9 heteroatoms. The first kappa shape index (κ1) is 23.4. The number of piperidine rings is 1. The van der Waals surface area contributed by atoms with E-state index >= 15 is 0 Å².